The Hall–Kier alpha value is -3.02. The van der Waals surface area contributed by atoms with Gasteiger partial charge in [0.1, 0.15) is 12.4 Å². The zero-order chi connectivity index (χ0) is 17.2. The Morgan fingerprint density at radius 2 is 1.88 bits per heavy atom. The van der Waals surface area contributed by atoms with Crippen molar-refractivity contribution in [3.05, 3.63) is 54.1 Å². The summed E-state index contributed by atoms with van der Waals surface area (Å²) in [6, 6.07) is 14.8. The monoisotopic (exact) mass is 337 g/mol. The molecule has 0 aromatic heterocycles. The first-order valence-corrected chi connectivity index (χ1v) is 8.39. The highest BCUT2D eigenvalue weighted by atomic mass is 16.5. The Kier molecular flexibility index (Phi) is 4.01. The zero-order valence-corrected chi connectivity index (χ0v) is 13.8. The molecule has 6 heteroatoms. The quantitative estimate of drug-likeness (QED) is 0.909. The van der Waals surface area contributed by atoms with Gasteiger partial charge in [-0.1, -0.05) is 12.1 Å². The van der Waals surface area contributed by atoms with Gasteiger partial charge in [-0.3, -0.25) is 4.99 Å². The highest BCUT2D eigenvalue weighted by molar-refractivity contribution is 6.16. The first kappa shape index (κ1) is 15.5. The molecule has 2 aromatic rings. The number of anilines is 2. The second-order valence-electron chi connectivity index (χ2n) is 6.01. The van der Waals surface area contributed by atoms with Gasteiger partial charge in [0.15, 0.2) is 0 Å². The third-order valence-electron chi connectivity index (χ3n) is 4.42. The molecule has 2 heterocycles. The summed E-state index contributed by atoms with van der Waals surface area (Å²) >= 11 is 0. The van der Waals surface area contributed by atoms with Crippen LogP contribution in [-0.2, 0) is 0 Å². The molecule has 0 bridgehead atoms. The molecule has 1 N–H and O–H groups in total. The van der Waals surface area contributed by atoms with E-state index in [2.05, 4.69) is 28.0 Å². The number of aliphatic imine (C=N–C) groups is 1. The molecule has 0 spiro atoms. The predicted molar refractivity (Wildman–Crippen MR) is 96.9 cm³/mol. The van der Waals surface area contributed by atoms with Gasteiger partial charge in [0, 0.05) is 13.1 Å². The number of hydrogen-bond acceptors (Lipinski definition) is 5. The first-order valence-electron chi connectivity index (χ1n) is 8.39. The van der Waals surface area contributed by atoms with Crippen molar-refractivity contribution in [1.29, 1.82) is 0 Å². The normalized spacial score (nSPS) is 15.4. The SMILES string of the molecule is O=C(O)c1ccc(OCCN2C3=NCCCN3c3ccccc32)cc1. The number of rotatable bonds is 5. The third-order valence-corrected chi connectivity index (χ3v) is 4.42. The maximum absolute atomic E-state index is 10.9. The van der Waals surface area contributed by atoms with E-state index in [1.165, 1.54) is 5.69 Å². The second kappa shape index (κ2) is 6.47. The number of carboxylic acid groups (broad SMARTS) is 1. The molecular weight excluding hydrogens is 318 g/mol. The van der Waals surface area contributed by atoms with Gasteiger partial charge in [0.05, 0.1) is 23.5 Å². The minimum absolute atomic E-state index is 0.257. The summed E-state index contributed by atoms with van der Waals surface area (Å²) < 4.78 is 5.79. The van der Waals surface area contributed by atoms with Crippen LogP contribution in [-0.4, -0.2) is 43.3 Å². The third kappa shape index (κ3) is 2.91. The van der Waals surface area contributed by atoms with E-state index in [0.29, 0.717) is 18.9 Å². The Morgan fingerprint density at radius 3 is 2.64 bits per heavy atom. The van der Waals surface area contributed by atoms with Crippen LogP contribution in [0.4, 0.5) is 11.4 Å². The summed E-state index contributed by atoms with van der Waals surface area (Å²) in [5, 5.41) is 8.93. The molecule has 0 fully saturated rings. The minimum Gasteiger partial charge on any atom is -0.492 e. The summed E-state index contributed by atoms with van der Waals surface area (Å²) in [6.45, 7) is 3.03. The number of benzene rings is 2. The van der Waals surface area contributed by atoms with E-state index in [4.69, 9.17) is 14.8 Å². The molecule has 2 aromatic carbocycles. The average molecular weight is 337 g/mol. The van der Waals surface area contributed by atoms with Crippen molar-refractivity contribution in [3.8, 4) is 5.75 Å². The summed E-state index contributed by atoms with van der Waals surface area (Å²) in [5.74, 6) is 0.729. The number of fused-ring (bicyclic) bond motifs is 3. The smallest absolute Gasteiger partial charge is 0.335 e. The van der Waals surface area contributed by atoms with Crippen LogP contribution in [0.25, 0.3) is 0 Å². The number of nitrogens with zero attached hydrogens (tertiary/aromatic N) is 3. The van der Waals surface area contributed by atoms with Crippen molar-refractivity contribution >= 4 is 23.3 Å². The van der Waals surface area contributed by atoms with Gasteiger partial charge >= 0.3 is 5.97 Å². The van der Waals surface area contributed by atoms with Crippen LogP contribution in [0.1, 0.15) is 16.8 Å². The Labute approximate surface area is 146 Å². The van der Waals surface area contributed by atoms with Crippen LogP contribution in [0, 0.1) is 0 Å². The molecule has 6 nitrogen and oxygen atoms in total. The van der Waals surface area contributed by atoms with Gasteiger partial charge in [-0.05, 0) is 42.8 Å². The van der Waals surface area contributed by atoms with Crippen LogP contribution >= 0.6 is 0 Å². The van der Waals surface area contributed by atoms with Crippen LogP contribution in [0.15, 0.2) is 53.5 Å². The lowest BCUT2D eigenvalue weighted by molar-refractivity contribution is 0.0697. The first-order chi connectivity index (χ1) is 12.2. The van der Waals surface area contributed by atoms with Gasteiger partial charge in [-0.25, -0.2) is 4.79 Å². The largest absolute Gasteiger partial charge is 0.492 e. The van der Waals surface area contributed by atoms with E-state index in [0.717, 1.165) is 31.2 Å². The number of guanidine groups is 1. The Morgan fingerprint density at radius 1 is 1.12 bits per heavy atom. The minimum atomic E-state index is -0.935. The zero-order valence-electron chi connectivity index (χ0n) is 13.8. The highest BCUT2D eigenvalue weighted by Gasteiger charge is 2.33. The van der Waals surface area contributed by atoms with Crippen molar-refractivity contribution in [2.24, 2.45) is 4.99 Å². The predicted octanol–water partition coefficient (Wildman–Crippen LogP) is 2.85. The molecule has 128 valence electrons. The Balaban J connectivity index is 1.45. The summed E-state index contributed by atoms with van der Waals surface area (Å²) in [5.41, 5.74) is 2.62. The number of carbonyl (C=O) groups is 1. The fourth-order valence-electron chi connectivity index (χ4n) is 3.25. The van der Waals surface area contributed by atoms with E-state index in [-0.39, 0.29) is 5.56 Å². The molecule has 2 aliphatic heterocycles. The van der Waals surface area contributed by atoms with Gasteiger partial charge in [-0.15, -0.1) is 0 Å². The summed E-state index contributed by atoms with van der Waals surface area (Å²) in [4.78, 5) is 20.0. The standard InChI is InChI=1S/C19H19N3O3/c23-18(24)14-6-8-15(9-7-14)25-13-12-22-17-5-2-1-4-16(17)21-11-3-10-20-19(21)22/h1-2,4-9H,3,10-13H2,(H,23,24). The summed E-state index contributed by atoms with van der Waals surface area (Å²) in [6.07, 6.45) is 1.07. The molecule has 0 saturated heterocycles. The van der Waals surface area contributed by atoms with Gasteiger partial charge in [0.25, 0.3) is 0 Å². The fourth-order valence-corrected chi connectivity index (χ4v) is 3.25. The van der Waals surface area contributed by atoms with Crippen molar-refractivity contribution < 1.29 is 14.6 Å². The van der Waals surface area contributed by atoms with Gasteiger partial charge in [0.2, 0.25) is 5.96 Å². The molecule has 4 rings (SSSR count). The van der Waals surface area contributed by atoms with Crippen LogP contribution < -0.4 is 14.5 Å². The lowest BCUT2D eigenvalue weighted by atomic mass is 10.2. The fraction of sp³-hybridized carbons (Fsp3) is 0.263. The molecule has 0 amide bonds. The second-order valence-corrected chi connectivity index (χ2v) is 6.01. The van der Waals surface area contributed by atoms with Crippen LogP contribution in [0.5, 0.6) is 5.75 Å². The van der Waals surface area contributed by atoms with E-state index in [1.807, 2.05) is 6.07 Å². The molecule has 0 unspecified atom stereocenters. The molecule has 2 aliphatic rings. The molecule has 0 saturated carbocycles. The van der Waals surface area contributed by atoms with Gasteiger partial charge in [-0.2, -0.15) is 0 Å². The van der Waals surface area contributed by atoms with Crippen molar-refractivity contribution in [2.75, 3.05) is 36.0 Å². The molecule has 0 atom stereocenters. The van der Waals surface area contributed by atoms with Crippen molar-refractivity contribution in [3.63, 3.8) is 0 Å². The topological polar surface area (TPSA) is 65.4 Å². The lowest BCUT2D eigenvalue weighted by Crippen LogP contribution is -2.43. The van der Waals surface area contributed by atoms with Gasteiger partial charge < -0.3 is 19.6 Å². The number of para-hydroxylation sites is 2. The van der Waals surface area contributed by atoms with E-state index in [1.54, 1.807) is 24.3 Å². The van der Waals surface area contributed by atoms with Crippen LogP contribution in [0.2, 0.25) is 0 Å². The molecule has 0 aliphatic carbocycles. The maximum atomic E-state index is 10.9. The number of aromatic carboxylic acids is 1. The van der Waals surface area contributed by atoms with E-state index < -0.39 is 5.97 Å². The van der Waals surface area contributed by atoms with E-state index >= 15 is 0 Å². The summed E-state index contributed by atoms with van der Waals surface area (Å²) in [7, 11) is 0. The van der Waals surface area contributed by atoms with E-state index in [9.17, 15) is 4.79 Å². The maximum Gasteiger partial charge on any atom is 0.335 e. The average Bonchev–Trinajstić information content (AvgIpc) is 2.97. The van der Waals surface area contributed by atoms with Crippen molar-refractivity contribution in [1.82, 2.24) is 0 Å². The molecule has 0 radical (unpaired) electrons. The lowest BCUT2D eigenvalue weighted by Gasteiger charge is -2.26. The molecule has 25 heavy (non-hydrogen) atoms. The molecular formula is C19H19N3O3. The Bertz CT molecular complexity index is 817. The highest BCUT2D eigenvalue weighted by Crippen LogP contribution is 2.37. The number of ether oxygens (including phenoxy) is 1. The van der Waals surface area contributed by atoms with Crippen molar-refractivity contribution in [2.45, 2.75) is 6.42 Å². The van der Waals surface area contributed by atoms with Crippen LogP contribution in [0.3, 0.4) is 0 Å². The number of carboxylic acids is 1. The number of hydrogen-bond donors (Lipinski definition) is 1.